The van der Waals surface area contributed by atoms with Gasteiger partial charge in [-0.1, -0.05) is 0 Å². The van der Waals surface area contributed by atoms with Crippen LogP contribution in [0.2, 0.25) is 0 Å². The van der Waals surface area contributed by atoms with Gasteiger partial charge in [-0.05, 0) is 19.1 Å². The molecule has 1 aliphatic rings. The second-order valence-corrected chi connectivity index (χ2v) is 6.72. The molecular formula is C13H17N5O2S. The number of pyridine rings is 1. The number of anilines is 1. The van der Waals surface area contributed by atoms with Crippen LogP contribution in [0.4, 0.5) is 5.82 Å². The molecule has 0 radical (unpaired) electrons. The lowest BCUT2D eigenvalue weighted by atomic mass is 10.4. The standard InChI is InChI=1S/C13H17N5O2S/c1-2-14-12-4-3-11(9-16-12)21(19,20)18-8-7-17-6-5-15-13(17)10-18/h3-6,9H,2,7-8,10H2,1H3,(H,14,16). The van der Waals surface area contributed by atoms with Crippen LogP contribution in [0.3, 0.4) is 0 Å². The van der Waals surface area contributed by atoms with Crippen LogP contribution in [0.5, 0.6) is 0 Å². The van der Waals surface area contributed by atoms with Crippen molar-refractivity contribution in [2.75, 3.05) is 18.4 Å². The van der Waals surface area contributed by atoms with Gasteiger partial charge in [0, 0.05) is 38.2 Å². The van der Waals surface area contributed by atoms with Crippen molar-refractivity contribution in [1.29, 1.82) is 0 Å². The third kappa shape index (κ3) is 2.64. The summed E-state index contributed by atoms with van der Waals surface area (Å²) in [6.07, 6.45) is 4.96. The Morgan fingerprint density at radius 2 is 2.14 bits per heavy atom. The SMILES string of the molecule is CCNc1ccc(S(=O)(=O)N2CCn3ccnc3C2)cn1. The number of rotatable bonds is 4. The van der Waals surface area contributed by atoms with Gasteiger partial charge in [-0.25, -0.2) is 18.4 Å². The normalized spacial score (nSPS) is 15.7. The van der Waals surface area contributed by atoms with E-state index in [2.05, 4.69) is 15.3 Å². The minimum Gasteiger partial charge on any atom is -0.370 e. The highest BCUT2D eigenvalue weighted by molar-refractivity contribution is 7.89. The van der Waals surface area contributed by atoms with Gasteiger partial charge in [-0.3, -0.25) is 0 Å². The second kappa shape index (κ2) is 5.45. The molecule has 2 aromatic rings. The van der Waals surface area contributed by atoms with E-state index < -0.39 is 10.0 Å². The molecule has 0 amide bonds. The highest BCUT2D eigenvalue weighted by Gasteiger charge is 2.29. The fourth-order valence-corrected chi connectivity index (χ4v) is 3.66. The summed E-state index contributed by atoms with van der Waals surface area (Å²) < 4.78 is 28.6. The van der Waals surface area contributed by atoms with E-state index in [1.54, 1.807) is 18.3 Å². The Hall–Kier alpha value is -1.93. The molecule has 8 heteroatoms. The average Bonchev–Trinajstić information content (AvgIpc) is 2.95. The minimum atomic E-state index is -3.52. The maximum Gasteiger partial charge on any atom is 0.245 e. The van der Waals surface area contributed by atoms with E-state index in [0.29, 0.717) is 25.5 Å². The topological polar surface area (TPSA) is 80.1 Å². The largest absolute Gasteiger partial charge is 0.370 e. The minimum absolute atomic E-state index is 0.212. The van der Waals surface area contributed by atoms with Crippen LogP contribution >= 0.6 is 0 Å². The van der Waals surface area contributed by atoms with Crippen LogP contribution in [0.1, 0.15) is 12.7 Å². The van der Waals surface area contributed by atoms with E-state index in [1.165, 1.54) is 10.5 Å². The molecule has 7 nitrogen and oxygen atoms in total. The molecule has 0 spiro atoms. The molecule has 3 heterocycles. The Balaban J connectivity index is 1.84. The van der Waals surface area contributed by atoms with Crippen molar-refractivity contribution in [2.45, 2.75) is 24.9 Å². The Labute approximate surface area is 123 Å². The molecular weight excluding hydrogens is 290 g/mol. The van der Waals surface area contributed by atoms with Crippen molar-refractivity contribution in [2.24, 2.45) is 0 Å². The third-order valence-electron chi connectivity index (χ3n) is 3.44. The number of sulfonamides is 1. The van der Waals surface area contributed by atoms with Gasteiger partial charge in [-0.2, -0.15) is 4.31 Å². The molecule has 0 saturated heterocycles. The molecule has 0 aliphatic carbocycles. The van der Waals surface area contributed by atoms with Crippen molar-refractivity contribution in [1.82, 2.24) is 18.8 Å². The van der Waals surface area contributed by atoms with Crippen molar-refractivity contribution in [3.63, 3.8) is 0 Å². The number of fused-ring (bicyclic) bond motifs is 1. The highest BCUT2D eigenvalue weighted by Crippen LogP contribution is 2.21. The number of aromatic nitrogens is 3. The van der Waals surface area contributed by atoms with Gasteiger partial charge in [0.1, 0.15) is 16.5 Å². The van der Waals surface area contributed by atoms with Crippen LogP contribution in [0, 0.1) is 0 Å². The first-order valence-electron chi connectivity index (χ1n) is 6.81. The summed E-state index contributed by atoms with van der Waals surface area (Å²) in [6, 6.07) is 3.27. The maximum atomic E-state index is 12.6. The first kappa shape index (κ1) is 14.0. The predicted octanol–water partition coefficient (Wildman–Crippen LogP) is 0.914. The molecule has 0 aromatic carbocycles. The zero-order valence-electron chi connectivity index (χ0n) is 11.7. The van der Waals surface area contributed by atoms with Crippen molar-refractivity contribution in [3.05, 3.63) is 36.5 Å². The Morgan fingerprint density at radius 1 is 1.29 bits per heavy atom. The third-order valence-corrected chi connectivity index (χ3v) is 5.27. The maximum absolute atomic E-state index is 12.6. The fourth-order valence-electron chi connectivity index (χ4n) is 2.32. The smallest absolute Gasteiger partial charge is 0.245 e. The van der Waals surface area contributed by atoms with Gasteiger partial charge in [-0.15, -0.1) is 0 Å². The molecule has 112 valence electrons. The van der Waals surface area contributed by atoms with Crippen molar-refractivity contribution < 1.29 is 8.42 Å². The average molecular weight is 307 g/mol. The predicted molar refractivity (Wildman–Crippen MR) is 78.2 cm³/mol. The number of nitrogens with zero attached hydrogens (tertiary/aromatic N) is 4. The van der Waals surface area contributed by atoms with Crippen LogP contribution < -0.4 is 5.32 Å². The number of imidazole rings is 1. The van der Waals surface area contributed by atoms with E-state index in [9.17, 15) is 8.42 Å². The summed E-state index contributed by atoms with van der Waals surface area (Å²) in [7, 11) is -3.52. The quantitative estimate of drug-likeness (QED) is 0.908. The monoisotopic (exact) mass is 307 g/mol. The van der Waals surface area contributed by atoms with Crippen LogP contribution in [-0.4, -0.2) is 40.3 Å². The van der Waals surface area contributed by atoms with Crippen molar-refractivity contribution in [3.8, 4) is 0 Å². The second-order valence-electron chi connectivity index (χ2n) is 4.78. The number of hydrogen-bond acceptors (Lipinski definition) is 5. The summed E-state index contributed by atoms with van der Waals surface area (Å²) >= 11 is 0. The lowest BCUT2D eigenvalue weighted by molar-refractivity contribution is 0.335. The number of nitrogens with one attached hydrogen (secondary N) is 1. The van der Waals surface area contributed by atoms with Crippen LogP contribution in [-0.2, 0) is 23.1 Å². The van der Waals surface area contributed by atoms with E-state index in [1.807, 2.05) is 17.7 Å². The zero-order chi connectivity index (χ0) is 14.9. The van der Waals surface area contributed by atoms with Crippen LogP contribution in [0.15, 0.2) is 35.6 Å². The molecule has 0 bridgehead atoms. The first-order chi connectivity index (χ1) is 10.1. The van der Waals surface area contributed by atoms with Crippen LogP contribution in [0.25, 0.3) is 0 Å². The molecule has 0 saturated carbocycles. The van der Waals surface area contributed by atoms with Gasteiger partial charge in [0.05, 0.1) is 6.54 Å². The summed E-state index contributed by atoms with van der Waals surface area (Å²) in [6.45, 7) is 4.07. The molecule has 1 N–H and O–H groups in total. The molecule has 2 aromatic heterocycles. The fraction of sp³-hybridized carbons (Fsp3) is 0.385. The van der Waals surface area contributed by atoms with Gasteiger partial charge in [0.25, 0.3) is 0 Å². The van der Waals surface area contributed by atoms with E-state index >= 15 is 0 Å². The number of hydrogen-bond donors (Lipinski definition) is 1. The molecule has 1 aliphatic heterocycles. The Morgan fingerprint density at radius 3 is 2.86 bits per heavy atom. The van der Waals surface area contributed by atoms with Crippen molar-refractivity contribution >= 4 is 15.8 Å². The summed E-state index contributed by atoms with van der Waals surface area (Å²) in [5, 5.41) is 3.04. The molecule has 0 fully saturated rings. The van der Waals surface area contributed by atoms with Gasteiger partial charge >= 0.3 is 0 Å². The summed E-state index contributed by atoms with van der Waals surface area (Å²) in [5.41, 5.74) is 0. The van der Waals surface area contributed by atoms with E-state index in [-0.39, 0.29) is 4.90 Å². The summed E-state index contributed by atoms with van der Waals surface area (Å²) in [5.74, 6) is 1.44. The summed E-state index contributed by atoms with van der Waals surface area (Å²) in [4.78, 5) is 8.52. The zero-order valence-corrected chi connectivity index (χ0v) is 12.5. The van der Waals surface area contributed by atoms with E-state index in [0.717, 1.165) is 12.4 Å². The highest BCUT2D eigenvalue weighted by atomic mass is 32.2. The van der Waals surface area contributed by atoms with Gasteiger partial charge in [0.15, 0.2) is 0 Å². The molecule has 3 rings (SSSR count). The molecule has 21 heavy (non-hydrogen) atoms. The molecule has 0 atom stereocenters. The van der Waals surface area contributed by atoms with Gasteiger partial charge in [0.2, 0.25) is 10.0 Å². The molecule has 0 unspecified atom stereocenters. The van der Waals surface area contributed by atoms with E-state index in [4.69, 9.17) is 0 Å². The lowest BCUT2D eigenvalue weighted by Gasteiger charge is -2.26. The van der Waals surface area contributed by atoms with Gasteiger partial charge < -0.3 is 9.88 Å². The lowest BCUT2D eigenvalue weighted by Crippen LogP contribution is -2.38. The Kier molecular flexibility index (Phi) is 3.64. The Bertz CT molecular complexity index is 723. The first-order valence-corrected chi connectivity index (χ1v) is 8.25.